The van der Waals surface area contributed by atoms with E-state index in [1.165, 1.54) is 0 Å². The van der Waals surface area contributed by atoms with Crippen LogP contribution < -0.4 is 5.32 Å². The molecule has 0 fully saturated rings. The van der Waals surface area contributed by atoms with Gasteiger partial charge in [0.1, 0.15) is 5.60 Å². The number of rotatable bonds is 1. The van der Waals surface area contributed by atoms with Crippen molar-refractivity contribution in [3.05, 3.63) is 23.3 Å². The molecule has 2 heterocycles. The Labute approximate surface area is 118 Å². The Balaban J connectivity index is 2.31. The molecule has 2 aromatic heterocycles. The molecule has 2 rings (SSSR count). The highest BCUT2D eigenvalue weighted by Gasteiger charge is 2.18. The minimum atomic E-state index is -0.535. The Morgan fingerprint density at radius 1 is 1.20 bits per heavy atom. The third-order valence-corrected chi connectivity index (χ3v) is 2.88. The van der Waals surface area contributed by atoms with Gasteiger partial charge in [0.25, 0.3) is 0 Å². The lowest BCUT2D eigenvalue weighted by Gasteiger charge is -2.18. The van der Waals surface area contributed by atoms with Gasteiger partial charge < -0.3 is 4.74 Å². The molecule has 0 aliphatic rings. The second-order valence-electron chi connectivity index (χ2n) is 5.81. The van der Waals surface area contributed by atoms with Gasteiger partial charge in [0.15, 0.2) is 11.5 Å². The number of anilines is 1. The molecule has 0 unspecified atom stereocenters. The van der Waals surface area contributed by atoms with E-state index in [0.29, 0.717) is 5.82 Å². The second-order valence-corrected chi connectivity index (χ2v) is 5.81. The number of aromatic nitrogens is 3. The molecule has 1 amide bonds. The zero-order valence-corrected chi connectivity index (χ0v) is 12.7. The lowest BCUT2D eigenvalue weighted by Crippen LogP contribution is -2.27. The molecule has 0 saturated heterocycles. The molecule has 0 radical (unpaired) electrons. The Morgan fingerprint density at radius 3 is 2.45 bits per heavy atom. The van der Waals surface area contributed by atoms with Crippen LogP contribution in [0.5, 0.6) is 0 Å². The molecule has 0 saturated carbocycles. The van der Waals surface area contributed by atoms with Gasteiger partial charge in [-0.1, -0.05) is 0 Å². The van der Waals surface area contributed by atoms with Crippen LogP contribution in [0.1, 0.15) is 37.9 Å². The number of imidazole rings is 1. The summed E-state index contributed by atoms with van der Waals surface area (Å²) in [6, 6.07) is 0. The van der Waals surface area contributed by atoms with Crippen LogP contribution in [-0.4, -0.2) is 26.1 Å². The zero-order valence-electron chi connectivity index (χ0n) is 12.7. The smallest absolute Gasteiger partial charge is 0.413 e. The monoisotopic (exact) mass is 276 g/mol. The number of hydrogen-bond donors (Lipinski definition) is 1. The van der Waals surface area contributed by atoms with Crippen LogP contribution in [0.25, 0.3) is 5.65 Å². The maximum atomic E-state index is 11.7. The van der Waals surface area contributed by atoms with E-state index in [1.807, 2.05) is 45.9 Å². The molecular weight excluding hydrogens is 256 g/mol. The number of fused-ring (bicyclic) bond motifs is 1. The Hall–Kier alpha value is -2.11. The van der Waals surface area contributed by atoms with Gasteiger partial charge in [0, 0.05) is 5.69 Å². The van der Waals surface area contributed by atoms with Gasteiger partial charge >= 0.3 is 6.09 Å². The summed E-state index contributed by atoms with van der Waals surface area (Å²) in [6.07, 6.45) is 1.26. The molecule has 0 bridgehead atoms. The Bertz CT molecular complexity index is 668. The quantitative estimate of drug-likeness (QED) is 0.869. The molecule has 0 atom stereocenters. The topological polar surface area (TPSA) is 68.5 Å². The summed E-state index contributed by atoms with van der Waals surface area (Å²) < 4.78 is 7.13. The molecule has 108 valence electrons. The lowest BCUT2D eigenvalue weighted by molar-refractivity contribution is 0.0635. The first-order valence-electron chi connectivity index (χ1n) is 6.50. The molecule has 2 aromatic rings. The van der Waals surface area contributed by atoms with Crippen molar-refractivity contribution in [2.45, 2.75) is 47.1 Å². The summed E-state index contributed by atoms with van der Waals surface area (Å²) in [4.78, 5) is 20.5. The molecule has 0 aromatic carbocycles. The predicted molar refractivity (Wildman–Crippen MR) is 77.1 cm³/mol. The lowest BCUT2D eigenvalue weighted by atomic mass is 10.2. The highest BCUT2D eigenvalue weighted by atomic mass is 16.6. The van der Waals surface area contributed by atoms with Crippen LogP contribution in [0.3, 0.4) is 0 Å². The largest absolute Gasteiger partial charge is 0.444 e. The summed E-state index contributed by atoms with van der Waals surface area (Å²) in [7, 11) is 0. The molecular formula is C14H20N4O2. The van der Waals surface area contributed by atoms with Crippen molar-refractivity contribution in [3.8, 4) is 0 Å². The van der Waals surface area contributed by atoms with E-state index in [0.717, 1.165) is 22.7 Å². The first-order valence-corrected chi connectivity index (χ1v) is 6.50. The fourth-order valence-corrected chi connectivity index (χ4v) is 1.92. The minimum Gasteiger partial charge on any atom is -0.444 e. The van der Waals surface area contributed by atoms with Crippen molar-refractivity contribution in [2.75, 3.05) is 5.32 Å². The van der Waals surface area contributed by atoms with Gasteiger partial charge in [-0.05, 0) is 41.5 Å². The van der Waals surface area contributed by atoms with Gasteiger partial charge in [0.05, 0.1) is 17.6 Å². The fourth-order valence-electron chi connectivity index (χ4n) is 1.92. The third kappa shape index (κ3) is 2.89. The van der Waals surface area contributed by atoms with E-state index in [4.69, 9.17) is 4.74 Å². The van der Waals surface area contributed by atoms with Crippen molar-refractivity contribution in [1.82, 2.24) is 14.4 Å². The molecule has 1 N–H and O–H groups in total. The van der Waals surface area contributed by atoms with Crippen LogP contribution in [0.4, 0.5) is 10.6 Å². The second kappa shape index (κ2) is 4.77. The van der Waals surface area contributed by atoms with Crippen molar-refractivity contribution < 1.29 is 9.53 Å². The summed E-state index contributed by atoms with van der Waals surface area (Å²) in [5.74, 6) is 0.456. The average molecular weight is 276 g/mol. The number of amides is 1. The van der Waals surface area contributed by atoms with E-state index in [1.54, 1.807) is 6.20 Å². The van der Waals surface area contributed by atoms with E-state index < -0.39 is 11.7 Å². The normalized spacial score (nSPS) is 11.7. The van der Waals surface area contributed by atoms with Gasteiger partial charge in [0.2, 0.25) is 0 Å². The average Bonchev–Trinajstić information content (AvgIpc) is 2.67. The number of nitrogens with one attached hydrogen (secondary N) is 1. The maximum absolute atomic E-state index is 11.7. The highest BCUT2D eigenvalue weighted by molar-refractivity contribution is 5.84. The summed E-state index contributed by atoms with van der Waals surface area (Å²) in [6.45, 7) is 11.3. The Morgan fingerprint density at radius 2 is 1.85 bits per heavy atom. The number of carbonyl (C=O) groups excluding carboxylic acids is 1. The predicted octanol–water partition coefficient (Wildman–Crippen LogP) is 3.00. The van der Waals surface area contributed by atoms with Crippen LogP contribution in [-0.2, 0) is 4.74 Å². The summed E-state index contributed by atoms with van der Waals surface area (Å²) >= 11 is 0. The first-order chi connectivity index (χ1) is 9.17. The van der Waals surface area contributed by atoms with Crippen molar-refractivity contribution in [3.63, 3.8) is 0 Å². The van der Waals surface area contributed by atoms with Crippen molar-refractivity contribution in [2.24, 2.45) is 0 Å². The van der Waals surface area contributed by atoms with Crippen LogP contribution in [0.15, 0.2) is 6.20 Å². The molecule has 0 spiro atoms. The van der Waals surface area contributed by atoms with Crippen LogP contribution >= 0.6 is 0 Å². The first kappa shape index (κ1) is 14.3. The minimum absolute atomic E-state index is 0.456. The molecule has 6 nitrogen and oxygen atoms in total. The summed E-state index contributed by atoms with van der Waals surface area (Å²) in [5.41, 5.74) is 2.96. The number of aryl methyl sites for hydroxylation is 3. The number of hydrogen-bond acceptors (Lipinski definition) is 4. The van der Waals surface area contributed by atoms with E-state index in [-0.39, 0.29) is 0 Å². The fraction of sp³-hybridized carbons (Fsp3) is 0.500. The summed E-state index contributed by atoms with van der Waals surface area (Å²) in [5, 5.41) is 2.64. The van der Waals surface area contributed by atoms with Crippen molar-refractivity contribution >= 4 is 17.6 Å². The van der Waals surface area contributed by atoms with Gasteiger partial charge in [-0.3, -0.25) is 14.7 Å². The van der Waals surface area contributed by atoms with E-state index in [9.17, 15) is 4.79 Å². The number of carbonyl (C=O) groups is 1. The number of ether oxygens (including phenoxy) is 1. The standard InChI is InChI=1S/C14H20N4O2/c1-8-10(3)18-7-11(16-12(18)9(2)15-8)17-13(19)20-14(4,5)6/h7H,1-6H3,(H,17,19). The molecule has 0 aliphatic carbocycles. The molecule has 20 heavy (non-hydrogen) atoms. The Kier molecular flexibility index (Phi) is 3.41. The van der Waals surface area contributed by atoms with Gasteiger partial charge in [-0.2, -0.15) is 0 Å². The van der Waals surface area contributed by atoms with Gasteiger partial charge in [-0.15, -0.1) is 0 Å². The van der Waals surface area contributed by atoms with E-state index >= 15 is 0 Å². The zero-order chi connectivity index (χ0) is 15.1. The molecule has 6 heteroatoms. The van der Waals surface area contributed by atoms with Crippen LogP contribution in [0, 0.1) is 20.8 Å². The highest BCUT2D eigenvalue weighted by Crippen LogP contribution is 2.17. The van der Waals surface area contributed by atoms with Crippen LogP contribution in [0.2, 0.25) is 0 Å². The maximum Gasteiger partial charge on any atom is 0.413 e. The molecule has 0 aliphatic heterocycles. The van der Waals surface area contributed by atoms with Crippen molar-refractivity contribution in [1.29, 1.82) is 0 Å². The van der Waals surface area contributed by atoms with Gasteiger partial charge in [-0.25, -0.2) is 9.78 Å². The number of nitrogens with zero attached hydrogens (tertiary/aromatic N) is 3. The third-order valence-electron chi connectivity index (χ3n) is 2.88. The van der Waals surface area contributed by atoms with E-state index in [2.05, 4.69) is 15.3 Å². The SMILES string of the molecule is Cc1nc(C)c2nc(NC(=O)OC(C)(C)C)cn2c1C.